The van der Waals surface area contributed by atoms with Crippen molar-refractivity contribution in [1.29, 1.82) is 0 Å². The van der Waals surface area contributed by atoms with Crippen molar-refractivity contribution in [3.8, 4) is 0 Å². The molecule has 0 aromatic carbocycles. The van der Waals surface area contributed by atoms with Crippen LogP contribution < -0.4 is 5.73 Å². The third-order valence-corrected chi connectivity index (χ3v) is 2.71. The molecule has 2 unspecified atom stereocenters. The first-order chi connectivity index (χ1) is 6.36. The summed E-state index contributed by atoms with van der Waals surface area (Å²) >= 11 is 0. The highest BCUT2D eigenvalue weighted by Gasteiger charge is 2.22. The smallest absolute Gasteiger partial charge is 0.109 e. The molecule has 3 nitrogen and oxygen atoms in total. The van der Waals surface area contributed by atoms with E-state index in [2.05, 4.69) is 6.08 Å². The largest absolute Gasteiger partial charge is 0.496 e. The van der Waals surface area contributed by atoms with Gasteiger partial charge >= 0.3 is 0 Å². The van der Waals surface area contributed by atoms with E-state index in [9.17, 15) is 0 Å². The van der Waals surface area contributed by atoms with Gasteiger partial charge in [0, 0.05) is 19.6 Å². The predicted octanol–water partition coefficient (Wildman–Crippen LogP) is 1.04. The van der Waals surface area contributed by atoms with Gasteiger partial charge in [-0.15, -0.1) is 0 Å². The van der Waals surface area contributed by atoms with E-state index in [0.717, 1.165) is 44.8 Å². The predicted molar refractivity (Wildman–Crippen MR) is 50.2 cm³/mol. The topological polar surface area (TPSA) is 44.5 Å². The van der Waals surface area contributed by atoms with Crippen molar-refractivity contribution in [3.05, 3.63) is 11.8 Å². The van der Waals surface area contributed by atoms with E-state index < -0.39 is 0 Å². The summed E-state index contributed by atoms with van der Waals surface area (Å²) in [6, 6.07) is 0.0919. The Labute approximate surface area is 78.9 Å². The van der Waals surface area contributed by atoms with Crippen LogP contribution in [0.5, 0.6) is 0 Å². The van der Waals surface area contributed by atoms with Crippen LogP contribution in [0.2, 0.25) is 0 Å². The van der Waals surface area contributed by atoms with Crippen molar-refractivity contribution in [1.82, 2.24) is 0 Å². The second-order valence-electron chi connectivity index (χ2n) is 3.82. The Hall–Kier alpha value is -0.540. The van der Waals surface area contributed by atoms with Gasteiger partial charge in [-0.25, -0.2) is 0 Å². The van der Waals surface area contributed by atoms with Gasteiger partial charge < -0.3 is 15.2 Å². The van der Waals surface area contributed by atoms with Crippen LogP contribution in [0, 0.1) is 5.92 Å². The van der Waals surface area contributed by atoms with E-state index in [1.54, 1.807) is 0 Å². The summed E-state index contributed by atoms with van der Waals surface area (Å²) in [7, 11) is 0. The summed E-state index contributed by atoms with van der Waals surface area (Å²) in [6.45, 7) is 2.59. The summed E-state index contributed by atoms with van der Waals surface area (Å²) in [5, 5.41) is 0. The molecule has 3 heteroatoms. The lowest BCUT2D eigenvalue weighted by atomic mass is 9.98. The third-order valence-electron chi connectivity index (χ3n) is 2.71. The van der Waals surface area contributed by atoms with Crippen molar-refractivity contribution >= 4 is 0 Å². The molecule has 2 rings (SSSR count). The van der Waals surface area contributed by atoms with Crippen LogP contribution in [0.3, 0.4) is 0 Å². The lowest BCUT2D eigenvalue weighted by Gasteiger charge is -2.16. The molecule has 0 aromatic rings. The maximum atomic E-state index is 6.01. The van der Waals surface area contributed by atoms with Gasteiger partial charge in [0.15, 0.2) is 0 Å². The van der Waals surface area contributed by atoms with Crippen molar-refractivity contribution < 1.29 is 9.47 Å². The molecule has 2 N–H and O–H groups in total. The normalized spacial score (nSPS) is 29.9. The van der Waals surface area contributed by atoms with Crippen LogP contribution in [-0.4, -0.2) is 25.9 Å². The molecule has 0 aliphatic carbocycles. The first kappa shape index (κ1) is 9.03. The Morgan fingerprint density at radius 2 is 2.46 bits per heavy atom. The first-order valence-electron chi connectivity index (χ1n) is 5.02. The van der Waals surface area contributed by atoms with Crippen molar-refractivity contribution in [2.75, 3.05) is 19.8 Å². The molecule has 0 radical (unpaired) electrons. The molecule has 0 aromatic heterocycles. The summed E-state index contributed by atoms with van der Waals surface area (Å²) < 4.78 is 10.7. The number of rotatable bonds is 3. The molecule has 1 saturated heterocycles. The van der Waals surface area contributed by atoms with Crippen molar-refractivity contribution in [2.45, 2.75) is 25.3 Å². The average Bonchev–Trinajstić information content (AvgIpc) is 2.74. The first-order valence-corrected chi connectivity index (χ1v) is 5.02. The Morgan fingerprint density at radius 1 is 1.54 bits per heavy atom. The fourth-order valence-corrected chi connectivity index (χ4v) is 1.94. The molecule has 0 bridgehead atoms. The number of nitrogens with two attached hydrogens (primary N) is 1. The summed E-state index contributed by atoms with van der Waals surface area (Å²) in [4.78, 5) is 0. The molecule has 2 heterocycles. The highest BCUT2D eigenvalue weighted by molar-refractivity contribution is 5.06. The van der Waals surface area contributed by atoms with E-state index in [1.165, 1.54) is 0 Å². The fourth-order valence-electron chi connectivity index (χ4n) is 1.94. The Morgan fingerprint density at radius 3 is 3.08 bits per heavy atom. The van der Waals surface area contributed by atoms with E-state index in [0.29, 0.717) is 5.92 Å². The van der Waals surface area contributed by atoms with Gasteiger partial charge in [0.2, 0.25) is 0 Å². The van der Waals surface area contributed by atoms with E-state index in [4.69, 9.17) is 15.2 Å². The maximum Gasteiger partial charge on any atom is 0.109 e. The van der Waals surface area contributed by atoms with Crippen LogP contribution >= 0.6 is 0 Å². The minimum absolute atomic E-state index is 0.0919. The number of hydrogen-bond acceptors (Lipinski definition) is 3. The molecular formula is C10H17NO2. The standard InChI is InChI=1S/C10H17NO2/c11-9(10-2-1-4-13-10)6-8-3-5-12-7-8/h2,8-9H,1,3-7,11H2. The molecular weight excluding hydrogens is 166 g/mol. The fraction of sp³-hybridized carbons (Fsp3) is 0.800. The minimum atomic E-state index is 0.0919. The Balaban J connectivity index is 1.79. The number of ether oxygens (including phenoxy) is 2. The van der Waals surface area contributed by atoms with Gasteiger partial charge in [-0.3, -0.25) is 0 Å². The van der Waals surface area contributed by atoms with Crippen LogP contribution in [0.25, 0.3) is 0 Å². The highest BCUT2D eigenvalue weighted by atomic mass is 16.5. The van der Waals surface area contributed by atoms with Crippen molar-refractivity contribution in [2.24, 2.45) is 11.7 Å². The van der Waals surface area contributed by atoms with Crippen LogP contribution in [-0.2, 0) is 9.47 Å². The molecule has 1 fully saturated rings. The third kappa shape index (κ3) is 2.23. The molecule has 2 aliphatic rings. The van der Waals surface area contributed by atoms with Gasteiger partial charge in [0.1, 0.15) is 5.76 Å². The van der Waals surface area contributed by atoms with Crippen molar-refractivity contribution in [3.63, 3.8) is 0 Å². The lowest BCUT2D eigenvalue weighted by Crippen LogP contribution is -2.26. The lowest BCUT2D eigenvalue weighted by molar-refractivity contribution is 0.178. The van der Waals surface area contributed by atoms with E-state index in [-0.39, 0.29) is 6.04 Å². The molecule has 0 saturated carbocycles. The second kappa shape index (κ2) is 4.11. The minimum Gasteiger partial charge on any atom is -0.496 e. The molecule has 13 heavy (non-hydrogen) atoms. The van der Waals surface area contributed by atoms with Crippen LogP contribution in [0.4, 0.5) is 0 Å². The SMILES string of the molecule is NC(CC1CCOC1)C1=CCCO1. The van der Waals surface area contributed by atoms with Gasteiger partial charge in [0.05, 0.1) is 12.6 Å². The quantitative estimate of drug-likeness (QED) is 0.711. The Bertz CT molecular complexity index is 197. The van der Waals surface area contributed by atoms with E-state index in [1.807, 2.05) is 0 Å². The molecule has 74 valence electrons. The van der Waals surface area contributed by atoms with Crippen LogP contribution in [0.15, 0.2) is 11.8 Å². The zero-order chi connectivity index (χ0) is 9.10. The van der Waals surface area contributed by atoms with E-state index >= 15 is 0 Å². The van der Waals surface area contributed by atoms with Gasteiger partial charge in [-0.05, 0) is 24.8 Å². The summed E-state index contributed by atoms with van der Waals surface area (Å²) in [5.41, 5.74) is 6.01. The zero-order valence-electron chi connectivity index (χ0n) is 7.87. The highest BCUT2D eigenvalue weighted by Crippen LogP contribution is 2.22. The average molecular weight is 183 g/mol. The van der Waals surface area contributed by atoms with Gasteiger partial charge in [0.25, 0.3) is 0 Å². The molecule has 0 spiro atoms. The monoisotopic (exact) mass is 183 g/mol. The maximum absolute atomic E-state index is 6.01. The zero-order valence-corrected chi connectivity index (χ0v) is 7.87. The Kier molecular flexibility index (Phi) is 2.86. The summed E-state index contributed by atoms with van der Waals surface area (Å²) in [5.74, 6) is 1.63. The number of hydrogen-bond donors (Lipinski definition) is 1. The summed E-state index contributed by atoms with van der Waals surface area (Å²) in [6.07, 6.45) is 5.29. The molecule has 2 atom stereocenters. The van der Waals surface area contributed by atoms with Gasteiger partial charge in [-0.2, -0.15) is 0 Å². The molecule has 0 amide bonds. The second-order valence-corrected chi connectivity index (χ2v) is 3.82. The molecule has 2 aliphatic heterocycles. The van der Waals surface area contributed by atoms with Gasteiger partial charge in [-0.1, -0.05) is 0 Å². The van der Waals surface area contributed by atoms with Crippen LogP contribution in [0.1, 0.15) is 19.3 Å².